The fourth-order valence-electron chi connectivity index (χ4n) is 2.53. The first-order chi connectivity index (χ1) is 10.1. The van der Waals surface area contributed by atoms with Crippen LogP contribution < -0.4 is 0 Å². The fourth-order valence-corrected chi connectivity index (χ4v) is 2.74. The Hall–Kier alpha value is -1.64. The van der Waals surface area contributed by atoms with Gasteiger partial charge in [0.25, 0.3) is 0 Å². The number of rotatable bonds is 6. The second-order valence-corrected chi connectivity index (χ2v) is 5.64. The van der Waals surface area contributed by atoms with E-state index in [2.05, 4.69) is 4.90 Å². The predicted octanol–water partition coefficient (Wildman–Crippen LogP) is 4.43. The summed E-state index contributed by atoms with van der Waals surface area (Å²) in [5.74, 6) is 0.169. The number of benzene rings is 2. The highest BCUT2D eigenvalue weighted by Crippen LogP contribution is 2.16. The van der Waals surface area contributed by atoms with Crippen molar-refractivity contribution in [1.29, 1.82) is 0 Å². The van der Waals surface area contributed by atoms with Gasteiger partial charge in [-0.15, -0.1) is 0 Å². The molecule has 1 atom stereocenters. The molecule has 0 saturated carbocycles. The largest absolute Gasteiger partial charge is 0.292 e. The molecule has 0 heterocycles. The summed E-state index contributed by atoms with van der Waals surface area (Å²) in [6.45, 7) is 2.75. The number of hydrogen-bond donors (Lipinski definition) is 0. The third-order valence-corrected chi connectivity index (χ3v) is 3.84. The summed E-state index contributed by atoms with van der Waals surface area (Å²) in [6, 6.07) is 17.1. The minimum absolute atomic E-state index is 0.119. The van der Waals surface area contributed by atoms with Crippen LogP contribution >= 0.6 is 11.6 Å². The van der Waals surface area contributed by atoms with Crippen LogP contribution in [0.4, 0.5) is 0 Å². The molecule has 0 amide bonds. The zero-order valence-electron chi connectivity index (χ0n) is 12.4. The molecule has 2 nitrogen and oxygen atoms in total. The molecule has 2 aromatic rings. The van der Waals surface area contributed by atoms with Crippen molar-refractivity contribution in [1.82, 2.24) is 4.90 Å². The molecule has 0 radical (unpaired) electrons. The molecule has 21 heavy (non-hydrogen) atoms. The van der Waals surface area contributed by atoms with E-state index >= 15 is 0 Å². The Balaban J connectivity index is 2.11. The van der Waals surface area contributed by atoms with Gasteiger partial charge in [0, 0.05) is 17.1 Å². The minimum Gasteiger partial charge on any atom is -0.292 e. The molecule has 1 unspecified atom stereocenters. The van der Waals surface area contributed by atoms with E-state index in [9.17, 15) is 4.79 Å². The average Bonchev–Trinajstić information content (AvgIpc) is 2.48. The SMILES string of the molecule is CCC(C(=O)c1ccccc1)N(C)Cc1cccc(Cl)c1. The van der Waals surface area contributed by atoms with Crippen molar-refractivity contribution in [2.24, 2.45) is 0 Å². The van der Waals surface area contributed by atoms with Crippen molar-refractivity contribution in [3.8, 4) is 0 Å². The topological polar surface area (TPSA) is 20.3 Å². The third kappa shape index (κ3) is 4.16. The van der Waals surface area contributed by atoms with Crippen molar-refractivity contribution in [3.05, 3.63) is 70.7 Å². The molecule has 110 valence electrons. The van der Waals surface area contributed by atoms with Crippen molar-refractivity contribution in [2.75, 3.05) is 7.05 Å². The first-order valence-corrected chi connectivity index (χ1v) is 7.53. The van der Waals surface area contributed by atoms with Gasteiger partial charge in [-0.2, -0.15) is 0 Å². The van der Waals surface area contributed by atoms with Gasteiger partial charge in [-0.3, -0.25) is 9.69 Å². The van der Waals surface area contributed by atoms with Crippen molar-refractivity contribution < 1.29 is 4.79 Å². The highest BCUT2D eigenvalue weighted by atomic mass is 35.5. The summed E-state index contributed by atoms with van der Waals surface area (Å²) < 4.78 is 0. The summed E-state index contributed by atoms with van der Waals surface area (Å²) in [4.78, 5) is 14.7. The Morgan fingerprint density at radius 1 is 1.14 bits per heavy atom. The van der Waals surface area contributed by atoms with Gasteiger partial charge in [-0.1, -0.05) is 61.0 Å². The van der Waals surface area contributed by atoms with Crippen LogP contribution in [0.1, 0.15) is 29.3 Å². The lowest BCUT2D eigenvalue weighted by Gasteiger charge is -2.26. The van der Waals surface area contributed by atoms with E-state index < -0.39 is 0 Å². The Labute approximate surface area is 131 Å². The zero-order valence-corrected chi connectivity index (χ0v) is 13.2. The van der Waals surface area contributed by atoms with E-state index in [0.29, 0.717) is 6.54 Å². The smallest absolute Gasteiger partial charge is 0.179 e. The van der Waals surface area contributed by atoms with Crippen molar-refractivity contribution >= 4 is 17.4 Å². The first kappa shape index (κ1) is 15.7. The minimum atomic E-state index is -0.119. The summed E-state index contributed by atoms with van der Waals surface area (Å²) >= 11 is 6.01. The van der Waals surface area contributed by atoms with Crippen LogP contribution in [0.3, 0.4) is 0 Å². The van der Waals surface area contributed by atoms with Crippen molar-refractivity contribution in [2.45, 2.75) is 25.9 Å². The maximum atomic E-state index is 12.6. The number of carbonyl (C=O) groups is 1. The maximum absolute atomic E-state index is 12.6. The van der Waals surface area contributed by atoms with Gasteiger partial charge >= 0.3 is 0 Å². The lowest BCUT2D eigenvalue weighted by molar-refractivity contribution is 0.0838. The highest BCUT2D eigenvalue weighted by Gasteiger charge is 2.22. The van der Waals surface area contributed by atoms with E-state index in [1.807, 2.05) is 68.6 Å². The molecule has 2 rings (SSSR count). The number of carbonyl (C=O) groups excluding carboxylic acids is 1. The lowest BCUT2D eigenvalue weighted by atomic mass is 10.0. The van der Waals surface area contributed by atoms with Gasteiger partial charge in [0.15, 0.2) is 5.78 Å². The quantitative estimate of drug-likeness (QED) is 0.736. The highest BCUT2D eigenvalue weighted by molar-refractivity contribution is 6.30. The second-order valence-electron chi connectivity index (χ2n) is 5.20. The fraction of sp³-hybridized carbons (Fsp3) is 0.278. The van der Waals surface area contributed by atoms with Gasteiger partial charge in [0.2, 0.25) is 0 Å². The molecule has 2 aromatic carbocycles. The lowest BCUT2D eigenvalue weighted by Crippen LogP contribution is -2.37. The molecular formula is C18H20ClNO. The van der Waals surface area contributed by atoms with Crippen LogP contribution in [0.5, 0.6) is 0 Å². The third-order valence-electron chi connectivity index (χ3n) is 3.60. The van der Waals surface area contributed by atoms with Crippen LogP contribution in [-0.2, 0) is 6.54 Å². The van der Waals surface area contributed by atoms with E-state index in [4.69, 9.17) is 11.6 Å². The molecule has 0 saturated heterocycles. The van der Waals surface area contributed by atoms with Crippen LogP contribution in [0.15, 0.2) is 54.6 Å². The molecule has 0 bridgehead atoms. The standard InChI is InChI=1S/C18H20ClNO/c1-3-17(18(21)15-9-5-4-6-10-15)20(2)13-14-8-7-11-16(19)12-14/h4-12,17H,3,13H2,1-2H3. The molecule has 3 heteroatoms. The normalized spacial score (nSPS) is 12.4. The van der Waals surface area contributed by atoms with Gasteiger partial charge in [0.1, 0.15) is 0 Å². The summed E-state index contributed by atoms with van der Waals surface area (Å²) in [6.07, 6.45) is 0.783. The predicted molar refractivity (Wildman–Crippen MR) is 87.8 cm³/mol. The number of hydrogen-bond acceptors (Lipinski definition) is 2. The van der Waals surface area contributed by atoms with E-state index in [1.165, 1.54) is 0 Å². The number of Topliss-reactive ketones (excluding diaryl/α,β-unsaturated/α-hetero) is 1. The number of nitrogens with zero attached hydrogens (tertiary/aromatic N) is 1. The molecule has 0 spiro atoms. The Morgan fingerprint density at radius 2 is 1.86 bits per heavy atom. The molecular weight excluding hydrogens is 282 g/mol. The molecule has 0 aliphatic rings. The number of ketones is 1. The number of halogens is 1. The van der Waals surface area contributed by atoms with Gasteiger partial charge in [-0.25, -0.2) is 0 Å². The van der Waals surface area contributed by atoms with Crippen LogP contribution in [0.25, 0.3) is 0 Å². The Morgan fingerprint density at radius 3 is 2.48 bits per heavy atom. The monoisotopic (exact) mass is 301 g/mol. The Bertz CT molecular complexity index is 597. The molecule has 0 aliphatic heterocycles. The summed E-state index contributed by atoms with van der Waals surface area (Å²) in [7, 11) is 1.98. The van der Waals surface area contributed by atoms with Crippen LogP contribution in [-0.4, -0.2) is 23.8 Å². The van der Waals surface area contributed by atoms with Crippen LogP contribution in [0.2, 0.25) is 5.02 Å². The number of likely N-dealkylation sites (N-methyl/N-ethyl adjacent to an activating group) is 1. The van der Waals surface area contributed by atoms with Crippen molar-refractivity contribution in [3.63, 3.8) is 0 Å². The molecule has 0 N–H and O–H groups in total. The zero-order chi connectivity index (χ0) is 15.2. The van der Waals surface area contributed by atoms with E-state index in [-0.39, 0.29) is 11.8 Å². The first-order valence-electron chi connectivity index (χ1n) is 7.15. The van der Waals surface area contributed by atoms with E-state index in [1.54, 1.807) is 0 Å². The molecule has 0 aromatic heterocycles. The second kappa shape index (κ2) is 7.39. The molecule has 0 fully saturated rings. The van der Waals surface area contributed by atoms with Crippen LogP contribution in [0, 0.1) is 0 Å². The Kier molecular flexibility index (Phi) is 5.54. The van der Waals surface area contributed by atoms with Gasteiger partial charge < -0.3 is 0 Å². The summed E-state index contributed by atoms with van der Waals surface area (Å²) in [5.41, 5.74) is 1.88. The maximum Gasteiger partial charge on any atom is 0.179 e. The van der Waals surface area contributed by atoms with Gasteiger partial charge in [-0.05, 0) is 31.2 Å². The average molecular weight is 302 g/mol. The summed E-state index contributed by atoms with van der Waals surface area (Å²) in [5, 5.41) is 0.725. The van der Waals surface area contributed by atoms with Gasteiger partial charge in [0.05, 0.1) is 6.04 Å². The van der Waals surface area contributed by atoms with E-state index in [0.717, 1.165) is 22.6 Å². The molecule has 0 aliphatic carbocycles.